The van der Waals surface area contributed by atoms with E-state index in [1.165, 1.54) is 6.07 Å². The van der Waals surface area contributed by atoms with Gasteiger partial charge in [-0.2, -0.15) is 0 Å². The third-order valence-electron chi connectivity index (χ3n) is 3.88. The molecule has 0 atom stereocenters. The highest BCUT2D eigenvalue weighted by Gasteiger charge is 2.22. The number of rotatable bonds is 3. The van der Waals surface area contributed by atoms with E-state index in [2.05, 4.69) is 5.32 Å². The second-order valence-corrected chi connectivity index (χ2v) is 5.39. The molecule has 1 heterocycles. The zero-order chi connectivity index (χ0) is 15.4. The molecule has 0 aliphatic carbocycles. The summed E-state index contributed by atoms with van der Waals surface area (Å²) in [5.74, 6) is -0.852. The van der Waals surface area contributed by atoms with Crippen molar-refractivity contribution in [1.29, 1.82) is 0 Å². The molecular weight excluding hydrogens is 281 g/mol. The average molecular weight is 299 g/mol. The van der Waals surface area contributed by atoms with E-state index in [1.54, 1.807) is 12.1 Å². The van der Waals surface area contributed by atoms with Gasteiger partial charge >= 0.3 is 0 Å². The first kappa shape index (κ1) is 14.7. The largest absolute Gasteiger partial charge is 0.381 e. The molecule has 0 unspecified atom stereocenters. The number of ether oxygens (including phenoxy) is 1. The topological polar surface area (TPSA) is 38.3 Å². The molecule has 22 heavy (non-hydrogen) atoms. The zero-order valence-electron chi connectivity index (χ0n) is 12.2. The highest BCUT2D eigenvalue weighted by molar-refractivity contribution is 6.01. The predicted molar refractivity (Wildman–Crippen MR) is 83.1 cm³/mol. The normalized spacial score (nSPS) is 15.5. The molecule has 0 bridgehead atoms. The quantitative estimate of drug-likeness (QED) is 0.943. The number of hydrogen-bond acceptors (Lipinski definition) is 2. The van der Waals surface area contributed by atoms with Crippen molar-refractivity contribution in [2.75, 3.05) is 13.2 Å². The van der Waals surface area contributed by atoms with Crippen molar-refractivity contribution in [3.63, 3.8) is 0 Å². The minimum atomic E-state index is -0.495. The summed E-state index contributed by atoms with van der Waals surface area (Å²) in [6, 6.07) is 14.2. The van der Waals surface area contributed by atoms with E-state index < -0.39 is 5.82 Å². The Bertz CT molecular complexity index is 651. The first-order chi connectivity index (χ1) is 10.8. The van der Waals surface area contributed by atoms with Crippen molar-refractivity contribution in [2.24, 2.45) is 0 Å². The van der Waals surface area contributed by atoms with Crippen LogP contribution in [0.3, 0.4) is 0 Å². The number of carbonyl (C=O) groups excluding carboxylic acids is 1. The summed E-state index contributed by atoms with van der Waals surface area (Å²) in [7, 11) is 0. The average Bonchev–Trinajstić information content (AvgIpc) is 2.56. The maximum Gasteiger partial charge on any atom is 0.255 e. The van der Waals surface area contributed by atoms with E-state index in [4.69, 9.17) is 4.74 Å². The van der Waals surface area contributed by atoms with Gasteiger partial charge in [0, 0.05) is 19.3 Å². The smallest absolute Gasteiger partial charge is 0.255 e. The van der Waals surface area contributed by atoms with Gasteiger partial charge in [-0.05, 0) is 30.0 Å². The van der Waals surface area contributed by atoms with Gasteiger partial charge < -0.3 is 10.1 Å². The molecule has 1 aliphatic rings. The van der Waals surface area contributed by atoms with Crippen LogP contribution in [0.1, 0.15) is 23.2 Å². The molecule has 3 rings (SSSR count). The van der Waals surface area contributed by atoms with Crippen molar-refractivity contribution in [1.82, 2.24) is 5.32 Å². The van der Waals surface area contributed by atoms with E-state index in [0.29, 0.717) is 18.8 Å². The third kappa shape index (κ3) is 3.17. The SMILES string of the molecule is O=C(NC1CCOCC1)c1c(F)cccc1-c1ccccc1. The molecule has 1 N–H and O–H groups in total. The molecule has 3 nitrogen and oxygen atoms in total. The Morgan fingerprint density at radius 1 is 1.05 bits per heavy atom. The molecule has 2 aromatic rings. The monoisotopic (exact) mass is 299 g/mol. The van der Waals surface area contributed by atoms with Crippen molar-refractivity contribution in [3.05, 3.63) is 59.9 Å². The fourth-order valence-corrected chi connectivity index (χ4v) is 2.71. The van der Waals surface area contributed by atoms with E-state index in [-0.39, 0.29) is 17.5 Å². The van der Waals surface area contributed by atoms with Gasteiger partial charge in [0.05, 0.1) is 5.56 Å². The summed E-state index contributed by atoms with van der Waals surface area (Å²) in [6.07, 6.45) is 1.53. The van der Waals surface area contributed by atoms with Gasteiger partial charge in [0.1, 0.15) is 5.82 Å². The van der Waals surface area contributed by atoms with Crippen LogP contribution in [0.4, 0.5) is 4.39 Å². The lowest BCUT2D eigenvalue weighted by Crippen LogP contribution is -2.39. The van der Waals surface area contributed by atoms with Crippen LogP contribution < -0.4 is 5.32 Å². The second-order valence-electron chi connectivity index (χ2n) is 5.39. The Kier molecular flexibility index (Phi) is 4.49. The van der Waals surface area contributed by atoms with Crippen molar-refractivity contribution in [2.45, 2.75) is 18.9 Å². The van der Waals surface area contributed by atoms with Crippen LogP contribution in [-0.4, -0.2) is 25.2 Å². The molecular formula is C18H18FNO2. The van der Waals surface area contributed by atoms with Crippen molar-refractivity contribution in [3.8, 4) is 11.1 Å². The van der Waals surface area contributed by atoms with Crippen molar-refractivity contribution >= 4 is 5.91 Å². The molecule has 4 heteroatoms. The second kappa shape index (κ2) is 6.71. The molecule has 2 aromatic carbocycles. The molecule has 1 fully saturated rings. The highest BCUT2D eigenvalue weighted by Crippen LogP contribution is 2.26. The molecule has 0 spiro atoms. The van der Waals surface area contributed by atoms with Gasteiger partial charge in [0.25, 0.3) is 5.91 Å². The fraction of sp³-hybridized carbons (Fsp3) is 0.278. The van der Waals surface area contributed by atoms with E-state index in [1.807, 2.05) is 30.3 Å². The van der Waals surface area contributed by atoms with Crippen LogP contribution in [0.25, 0.3) is 11.1 Å². The maximum absolute atomic E-state index is 14.3. The molecule has 1 saturated heterocycles. The molecule has 0 radical (unpaired) electrons. The Morgan fingerprint density at radius 2 is 1.77 bits per heavy atom. The lowest BCUT2D eigenvalue weighted by atomic mass is 9.98. The number of nitrogens with one attached hydrogen (secondary N) is 1. The van der Waals surface area contributed by atoms with Crippen molar-refractivity contribution < 1.29 is 13.9 Å². The molecule has 0 saturated carbocycles. The van der Waals surface area contributed by atoms with Gasteiger partial charge in [-0.25, -0.2) is 4.39 Å². The fourth-order valence-electron chi connectivity index (χ4n) is 2.71. The van der Waals surface area contributed by atoms with Gasteiger partial charge in [0.2, 0.25) is 0 Å². The van der Waals surface area contributed by atoms with Gasteiger partial charge in [-0.15, -0.1) is 0 Å². The van der Waals surface area contributed by atoms with E-state index >= 15 is 0 Å². The molecule has 1 amide bonds. The lowest BCUT2D eigenvalue weighted by Gasteiger charge is -2.23. The Morgan fingerprint density at radius 3 is 2.50 bits per heavy atom. The summed E-state index contributed by atoms with van der Waals surface area (Å²) in [6.45, 7) is 1.27. The zero-order valence-corrected chi connectivity index (χ0v) is 12.2. The summed E-state index contributed by atoms with van der Waals surface area (Å²) < 4.78 is 19.5. The first-order valence-corrected chi connectivity index (χ1v) is 7.48. The summed E-state index contributed by atoms with van der Waals surface area (Å²) in [5, 5.41) is 2.93. The van der Waals surface area contributed by atoms with Crippen LogP contribution in [0, 0.1) is 5.82 Å². The summed E-state index contributed by atoms with van der Waals surface area (Å²) in [5.41, 5.74) is 1.56. The molecule has 114 valence electrons. The number of hydrogen-bond donors (Lipinski definition) is 1. The summed E-state index contributed by atoms with van der Waals surface area (Å²) >= 11 is 0. The first-order valence-electron chi connectivity index (χ1n) is 7.48. The summed E-state index contributed by atoms with van der Waals surface area (Å²) in [4.78, 5) is 12.5. The Balaban J connectivity index is 1.90. The predicted octanol–water partition coefficient (Wildman–Crippen LogP) is 3.40. The van der Waals surface area contributed by atoms with Crippen LogP contribution in [-0.2, 0) is 4.74 Å². The molecule has 0 aromatic heterocycles. The van der Waals surface area contributed by atoms with Gasteiger partial charge in [0.15, 0.2) is 0 Å². The van der Waals surface area contributed by atoms with E-state index in [9.17, 15) is 9.18 Å². The molecule has 1 aliphatic heterocycles. The van der Waals surface area contributed by atoms with E-state index in [0.717, 1.165) is 18.4 Å². The Hall–Kier alpha value is -2.20. The lowest BCUT2D eigenvalue weighted by molar-refractivity contribution is 0.0695. The van der Waals surface area contributed by atoms with Crippen LogP contribution in [0.2, 0.25) is 0 Å². The number of benzene rings is 2. The van der Waals surface area contributed by atoms with Gasteiger partial charge in [-0.3, -0.25) is 4.79 Å². The minimum absolute atomic E-state index is 0.0458. The number of carbonyl (C=O) groups is 1. The number of amides is 1. The van der Waals surface area contributed by atoms with Crippen LogP contribution >= 0.6 is 0 Å². The highest BCUT2D eigenvalue weighted by atomic mass is 19.1. The number of halogens is 1. The van der Waals surface area contributed by atoms with Crippen LogP contribution in [0.15, 0.2) is 48.5 Å². The standard InChI is InChI=1S/C18H18FNO2/c19-16-8-4-7-15(13-5-2-1-3-6-13)17(16)18(21)20-14-9-11-22-12-10-14/h1-8,14H,9-12H2,(H,20,21). The van der Waals surface area contributed by atoms with Gasteiger partial charge in [-0.1, -0.05) is 42.5 Å². The Labute approximate surface area is 129 Å². The van der Waals surface area contributed by atoms with Crippen LogP contribution in [0.5, 0.6) is 0 Å². The maximum atomic E-state index is 14.3. The minimum Gasteiger partial charge on any atom is -0.381 e. The third-order valence-corrected chi connectivity index (χ3v) is 3.88.